The third kappa shape index (κ3) is 4.92. The van der Waals surface area contributed by atoms with Gasteiger partial charge in [0.2, 0.25) is 6.29 Å². The van der Waals surface area contributed by atoms with Gasteiger partial charge >= 0.3 is 51.4 Å². The van der Waals surface area contributed by atoms with Crippen molar-refractivity contribution in [2.24, 2.45) is 4.99 Å². The number of ether oxygens (including phenoxy) is 2. The molecule has 0 amide bonds. The third-order valence-corrected chi connectivity index (χ3v) is 6.78. The van der Waals surface area contributed by atoms with Crippen LogP contribution in [-0.2, 0) is 9.53 Å². The molecule has 156 valence electrons. The summed E-state index contributed by atoms with van der Waals surface area (Å²) in [5.74, 6) is -0.589. The van der Waals surface area contributed by atoms with Crippen molar-refractivity contribution in [1.29, 1.82) is 0 Å². The molecule has 2 aliphatic heterocycles. The average molecular weight is 481 g/mol. The molecule has 0 aliphatic carbocycles. The molecule has 3 heterocycles. The molecule has 1 fully saturated rings. The maximum absolute atomic E-state index is 11.0. The summed E-state index contributed by atoms with van der Waals surface area (Å²) in [4.78, 5) is 19.5. The number of carbonyl (C=O) groups is 1. The molecular weight excluding hydrogens is 463 g/mol. The molecule has 0 radical (unpaired) electrons. The Morgan fingerprint density at radius 2 is 2.03 bits per heavy atom. The van der Waals surface area contributed by atoms with Gasteiger partial charge in [0.15, 0.2) is 0 Å². The molecule has 30 heavy (non-hydrogen) atoms. The van der Waals surface area contributed by atoms with Crippen molar-refractivity contribution in [3.63, 3.8) is 0 Å². The van der Waals surface area contributed by atoms with Crippen LogP contribution in [0.15, 0.2) is 23.2 Å². The minimum Gasteiger partial charge on any atom is -0.548 e. The first-order valence-electron chi connectivity index (χ1n) is 8.67. The second kappa shape index (κ2) is 10.2. The van der Waals surface area contributed by atoms with Crippen molar-refractivity contribution < 1.29 is 91.2 Å². The fourth-order valence-corrected chi connectivity index (χ4v) is 5.06. The Bertz CT molecular complexity index is 955. The number of thiazole rings is 1. The van der Waals surface area contributed by atoms with Crippen LogP contribution in [0, 0.1) is 0 Å². The molecule has 1 aromatic carbocycles. The summed E-state index contributed by atoms with van der Waals surface area (Å²) in [5.41, 5.74) is 0.659. The second-order valence-electron chi connectivity index (χ2n) is 6.54. The van der Waals surface area contributed by atoms with E-state index in [-0.39, 0.29) is 51.4 Å². The Morgan fingerprint density at radius 1 is 1.27 bits per heavy atom. The maximum Gasteiger partial charge on any atom is 1.00 e. The van der Waals surface area contributed by atoms with Crippen LogP contribution in [0.2, 0.25) is 0 Å². The van der Waals surface area contributed by atoms with Crippen molar-refractivity contribution >= 4 is 44.3 Å². The summed E-state index contributed by atoms with van der Waals surface area (Å²) in [7, 11) is 0. The number of rotatable bonds is 5. The Morgan fingerprint density at radius 3 is 2.70 bits per heavy atom. The van der Waals surface area contributed by atoms with Gasteiger partial charge in [-0.1, -0.05) is 0 Å². The number of nitrogens with zero attached hydrogens (tertiary/aromatic N) is 2. The van der Waals surface area contributed by atoms with Crippen LogP contribution in [0.5, 0.6) is 5.75 Å². The molecule has 13 heteroatoms. The molecule has 0 spiro atoms. The summed E-state index contributed by atoms with van der Waals surface area (Å²) >= 11 is 2.60. The topological polar surface area (TPSA) is 165 Å². The van der Waals surface area contributed by atoms with E-state index >= 15 is 0 Å². The molecular formula is C17H17KN2O8S2. The van der Waals surface area contributed by atoms with E-state index in [9.17, 15) is 30.3 Å². The van der Waals surface area contributed by atoms with Crippen molar-refractivity contribution in [2.75, 3.05) is 12.4 Å². The van der Waals surface area contributed by atoms with Crippen LogP contribution >= 0.6 is 23.1 Å². The molecule has 4 N–H and O–H groups in total. The van der Waals surface area contributed by atoms with Crippen molar-refractivity contribution in [2.45, 2.75) is 36.7 Å². The number of benzene rings is 1. The zero-order valence-electron chi connectivity index (χ0n) is 15.7. The zero-order valence-corrected chi connectivity index (χ0v) is 20.5. The SMILES string of the molecule is O=C([O-])[C@H]1CSC(c2nc3ccc(O[C@H]4O[C@H](CO)[C@@H](O)[C@H](O)[C@H]4O)cc3s2)=N1.[K+]. The van der Waals surface area contributed by atoms with Crippen LogP contribution in [0.3, 0.4) is 0 Å². The fourth-order valence-electron chi connectivity index (χ4n) is 2.98. The molecule has 10 nitrogen and oxygen atoms in total. The Labute approximate surface area is 221 Å². The van der Waals surface area contributed by atoms with Gasteiger partial charge in [0, 0.05) is 5.75 Å². The van der Waals surface area contributed by atoms with Crippen LogP contribution in [0.1, 0.15) is 5.01 Å². The largest absolute Gasteiger partial charge is 1.00 e. The third-order valence-electron chi connectivity index (χ3n) is 4.57. The van der Waals surface area contributed by atoms with Gasteiger partial charge in [-0.3, -0.25) is 4.99 Å². The monoisotopic (exact) mass is 480 g/mol. The number of carboxylic acid groups (broad SMARTS) is 1. The van der Waals surface area contributed by atoms with Gasteiger partial charge in [0.1, 0.15) is 46.3 Å². The van der Waals surface area contributed by atoms with E-state index in [0.29, 0.717) is 27.1 Å². The zero-order chi connectivity index (χ0) is 20.7. The molecule has 0 unspecified atom stereocenters. The Hall–Kier alpha value is -0.164. The minimum atomic E-state index is -1.53. The van der Waals surface area contributed by atoms with Gasteiger partial charge in [-0.15, -0.1) is 23.1 Å². The van der Waals surface area contributed by atoms with Gasteiger partial charge in [0.05, 0.1) is 22.8 Å². The molecule has 0 bridgehead atoms. The van der Waals surface area contributed by atoms with Crippen molar-refractivity contribution in [3.8, 4) is 5.75 Å². The summed E-state index contributed by atoms with van der Waals surface area (Å²) in [6.45, 7) is -0.547. The summed E-state index contributed by atoms with van der Waals surface area (Å²) in [5, 5.41) is 51.1. The quantitative estimate of drug-likeness (QED) is 0.305. The van der Waals surface area contributed by atoms with Crippen LogP contribution in [-0.4, -0.2) is 85.5 Å². The number of aromatic nitrogens is 1. The number of hydrogen-bond acceptors (Lipinski definition) is 12. The summed E-state index contributed by atoms with van der Waals surface area (Å²) < 4.78 is 11.7. The minimum absolute atomic E-state index is 0. The van der Waals surface area contributed by atoms with E-state index < -0.39 is 49.3 Å². The summed E-state index contributed by atoms with van der Waals surface area (Å²) in [6.07, 6.45) is -6.85. The Kier molecular flexibility index (Phi) is 8.31. The Balaban J connectivity index is 0.00000256. The smallest absolute Gasteiger partial charge is 0.548 e. The van der Waals surface area contributed by atoms with E-state index in [1.165, 1.54) is 23.1 Å². The van der Waals surface area contributed by atoms with E-state index in [2.05, 4.69) is 9.98 Å². The number of fused-ring (bicyclic) bond motifs is 1. The van der Waals surface area contributed by atoms with Gasteiger partial charge in [-0.2, -0.15) is 0 Å². The summed E-state index contributed by atoms with van der Waals surface area (Å²) in [6, 6.07) is 4.06. The fraction of sp³-hybridized carbons (Fsp3) is 0.471. The molecule has 1 aromatic heterocycles. The molecule has 6 atom stereocenters. The number of aliphatic imine (C=N–C) groups is 1. The predicted molar refractivity (Wildman–Crippen MR) is 102 cm³/mol. The number of hydrogen-bond donors (Lipinski definition) is 4. The van der Waals surface area contributed by atoms with Crippen LogP contribution in [0.4, 0.5) is 0 Å². The molecule has 1 saturated heterocycles. The molecule has 4 rings (SSSR count). The van der Waals surface area contributed by atoms with E-state index in [1.54, 1.807) is 18.2 Å². The van der Waals surface area contributed by atoms with E-state index in [0.717, 1.165) is 4.70 Å². The number of aliphatic hydroxyl groups is 4. The van der Waals surface area contributed by atoms with Gasteiger partial charge in [-0.05, 0) is 18.2 Å². The second-order valence-corrected chi connectivity index (χ2v) is 8.58. The first-order valence-corrected chi connectivity index (χ1v) is 10.5. The standard InChI is InChI=1S/C17H18N2O8S2.K/c20-4-9-11(21)12(22)13(23)17(27-9)26-6-1-2-7-10(3-6)29-15(18-7)14-19-8(5-28-14)16(24)25;/h1-3,8-9,11-13,17,20-23H,4-5H2,(H,24,25);/q;+1/p-1/t8-,9-,11-,12+,13-,17+;/m1./s1. The van der Waals surface area contributed by atoms with Gasteiger partial charge < -0.3 is 39.8 Å². The first kappa shape index (κ1) is 24.5. The number of aliphatic hydroxyl groups excluding tert-OH is 4. The van der Waals surface area contributed by atoms with Gasteiger partial charge in [-0.25, -0.2) is 4.98 Å². The average Bonchev–Trinajstić information content (AvgIpc) is 3.35. The number of carbonyl (C=O) groups excluding carboxylic acids is 1. The first-order chi connectivity index (χ1) is 13.9. The van der Waals surface area contributed by atoms with Crippen LogP contribution < -0.4 is 61.2 Å². The number of carboxylic acids is 1. The predicted octanol–water partition coefficient (Wildman–Crippen LogP) is -4.91. The van der Waals surface area contributed by atoms with Crippen molar-refractivity contribution in [1.82, 2.24) is 4.98 Å². The molecule has 2 aliphatic rings. The van der Waals surface area contributed by atoms with Gasteiger partial charge in [0.25, 0.3) is 0 Å². The normalized spacial score (nSPS) is 31.3. The van der Waals surface area contributed by atoms with Crippen molar-refractivity contribution in [3.05, 3.63) is 23.2 Å². The maximum atomic E-state index is 11.0. The molecule has 0 saturated carbocycles. The van der Waals surface area contributed by atoms with E-state index in [4.69, 9.17) is 9.47 Å². The number of aliphatic carboxylic acids is 1. The number of thioether (sulfide) groups is 1. The molecule has 2 aromatic rings. The van der Waals surface area contributed by atoms with Crippen LogP contribution in [0.25, 0.3) is 10.2 Å². The van der Waals surface area contributed by atoms with E-state index in [1.807, 2.05) is 0 Å².